The van der Waals surface area contributed by atoms with Gasteiger partial charge in [-0.25, -0.2) is 54.3 Å². The molecule has 36 heteroatoms. The van der Waals surface area contributed by atoms with Gasteiger partial charge in [0, 0.05) is 97.6 Å². The molecule has 0 unspecified atom stereocenters. The normalized spacial score (nSPS) is 14.0. The number of nitrogen functional groups attached to an aromatic ring is 1. The smallest absolute Gasteiger partial charge is 0.397 e. The highest BCUT2D eigenvalue weighted by Gasteiger charge is 2.32. The van der Waals surface area contributed by atoms with Gasteiger partial charge in [0.05, 0.1) is 41.0 Å². The van der Waals surface area contributed by atoms with E-state index in [4.69, 9.17) is 70.8 Å². The fourth-order valence-corrected chi connectivity index (χ4v) is 14.8. The van der Waals surface area contributed by atoms with Gasteiger partial charge in [-0.15, -0.1) is 37.5 Å². The Hall–Kier alpha value is -14.6. The number of halogens is 2. The van der Waals surface area contributed by atoms with E-state index < -0.39 is 32.9 Å². The molecule has 0 radical (unpaired) electrons. The van der Waals surface area contributed by atoms with Crippen molar-refractivity contribution in [1.29, 1.82) is 0 Å². The van der Waals surface area contributed by atoms with Gasteiger partial charge in [0.2, 0.25) is 22.6 Å². The number of rotatable bonds is 21. The third-order valence-electron chi connectivity index (χ3n) is 22.0. The zero-order valence-electron chi connectivity index (χ0n) is 84.5. The topological polar surface area (TPSA) is 471 Å². The molecule has 0 bridgehead atoms. The maximum absolute atomic E-state index is 12.4. The minimum atomic E-state index is -1.08. The lowest BCUT2D eigenvalue weighted by Crippen LogP contribution is -2.29. The summed E-state index contributed by atoms with van der Waals surface area (Å²) in [5, 5.41) is 35.1. The third-order valence-corrected chi connectivity index (χ3v) is 22.4. The second-order valence-electron chi connectivity index (χ2n) is 32.6. The van der Waals surface area contributed by atoms with E-state index in [0.717, 1.165) is 98.0 Å². The lowest BCUT2D eigenvalue weighted by molar-refractivity contribution is -0.385. The number of carbonyl (C=O) groups is 6. The average Bonchev–Trinajstić information content (AvgIpc) is 1.63. The van der Waals surface area contributed by atoms with Crippen LogP contribution in [0.3, 0.4) is 0 Å². The highest BCUT2D eigenvalue weighted by Crippen LogP contribution is 2.36. The number of nitrogens with one attached hydrogen (secondary N) is 5. The lowest BCUT2D eigenvalue weighted by atomic mass is 10.2. The second-order valence-corrected chi connectivity index (χ2v) is 33.3. The standard InChI is InChI=1S/C15H18N4O.C14H19N3O3.C14H17N3O2.C10H13N3O2.C10H15N3.C7H4.C6H15N.C6H2.C5H3ClN2O2.C5H11N.C5H4.C4H5ClO3.C4H6.C3H7N.CH4/c20-15(17-10-7-8-10)14-18-12-6-3-9-16-13(12)19(14)11-4-1-2-5-11;1-2-20-14(19)13(18)17-11-8-5-9-15-12(11)16-10-6-3-4-7-10;1-2-19-14(18)13-16-11-8-5-9-15-12(11)17(13)10-6-3-4-7-10;14-13(15)9-6-3-7-11-10(9)12-8-4-1-2-5-8;11-9-6-3-7-12-10(9)13-8-4-1-2-5-8;1-3-5-7-6-4-2;1-4-7(5-2)6-3;1-3-5-6-4-2;6-5-4(8(9)10)2-1-3-7-5;6-5-3-1-2-4-5;1-3-5-4-2;1-2-8-4(7)3(5)6;1-3-4-2;4-3-1-2-3;/h3,6,9-11H,1-2,4-5,7-8H2,(H,17,20);5,8-10H,2-4,6-7H2,1H3,(H,15,16)(H,17,18);5,8-10H,2-4,6-7H2,1H3;3,6-8H,1-2,4-5H2,(H,11,12);3,6-8H,1-2,4-5,11H2,(H,12,13);1H,2H3;4-6H2,1-3H3;1-2H;1-3H;5H,1-4,6H2;1H,2H3;2H2,1H3;1-2H3;3H,1-2,4H2;1H4. The molecule has 11 N–H and O–H groups in total. The Kier molecular flexibility index (Phi) is 67.1. The Bertz CT molecular complexity index is 5750. The van der Waals surface area contributed by atoms with Crippen LogP contribution in [0.5, 0.6) is 0 Å². The first-order chi connectivity index (χ1) is 69.7. The molecule has 0 aromatic carbocycles. The molecule has 2 amide bonds. The van der Waals surface area contributed by atoms with E-state index in [0.29, 0.717) is 83.9 Å². The zero-order chi connectivity index (χ0) is 106. The summed E-state index contributed by atoms with van der Waals surface area (Å²) < 4.78 is 18.0. The summed E-state index contributed by atoms with van der Waals surface area (Å²) in [5.74, 6) is 32.8. The van der Waals surface area contributed by atoms with Gasteiger partial charge in [0.25, 0.3) is 5.91 Å². The van der Waals surface area contributed by atoms with E-state index in [9.17, 15) is 49.0 Å². The predicted molar refractivity (Wildman–Crippen MR) is 577 cm³/mol. The van der Waals surface area contributed by atoms with E-state index in [1.807, 2.05) is 54.8 Å². The number of hydrogen-bond donors (Lipinski definition) is 8. The highest BCUT2D eigenvalue weighted by molar-refractivity contribution is 6.80. The molecule has 145 heavy (non-hydrogen) atoms. The van der Waals surface area contributed by atoms with Crippen molar-refractivity contribution in [2.24, 2.45) is 11.5 Å². The minimum Gasteiger partial charge on any atom is -0.460 e. The number of anilines is 5. The molecule has 0 atom stereocenters. The molecule has 8 saturated carbocycles. The van der Waals surface area contributed by atoms with Gasteiger partial charge in [-0.1, -0.05) is 129 Å². The predicted octanol–water partition coefficient (Wildman–Crippen LogP) is 19.0. The number of nitrogens with zero attached hydrogens (tertiary/aromatic N) is 13. The summed E-state index contributed by atoms with van der Waals surface area (Å²) in [4.78, 5) is 123. The van der Waals surface area contributed by atoms with Gasteiger partial charge < -0.3 is 67.5 Å². The fraction of sp³-hybridized carbons (Fsp3) is 0.486. The van der Waals surface area contributed by atoms with Gasteiger partial charge in [-0.3, -0.25) is 39.2 Å². The maximum atomic E-state index is 12.4. The van der Waals surface area contributed by atoms with Crippen molar-refractivity contribution in [2.45, 2.75) is 305 Å². The van der Waals surface area contributed by atoms with Crippen molar-refractivity contribution < 1.29 is 52.8 Å². The van der Waals surface area contributed by atoms with Crippen LogP contribution in [0.1, 0.15) is 290 Å². The lowest BCUT2D eigenvalue weighted by Gasteiger charge is -2.16. The molecular formula is C109H143Cl2N21O13. The Labute approximate surface area is 866 Å². The van der Waals surface area contributed by atoms with E-state index in [-0.39, 0.29) is 49.0 Å². The number of nitro groups is 2. The van der Waals surface area contributed by atoms with Crippen molar-refractivity contribution in [1.82, 2.24) is 59.2 Å². The van der Waals surface area contributed by atoms with E-state index in [1.165, 1.54) is 160 Å². The van der Waals surface area contributed by atoms with E-state index in [1.54, 1.807) is 83.8 Å². The molecule has 16 rings (SSSR count). The monoisotopic (exact) mass is 2020 g/mol. The number of nitrogens with two attached hydrogens (primary N) is 3. The number of aromatic nitrogens is 10. The van der Waals surface area contributed by atoms with Gasteiger partial charge in [0.1, 0.15) is 22.7 Å². The molecule has 8 aromatic heterocycles. The summed E-state index contributed by atoms with van der Waals surface area (Å²) in [5.41, 5.74) is 20.9. The maximum Gasteiger partial charge on any atom is 0.397 e. The summed E-state index contributed by atoms with van der Waals surface area (Å²) >= 11 is 10.1. The molecule has 8 heterocycles. The van der Waals surface area contributed by atoms with Crippen LogP contribution in [0.25, 0.3) is 22.3 Å². The van der Waals surface area contributed by atoms with Crippen LogP contribution in [0.2, 0.25) is 5.15 Å². The van der Waals surface area contributed by atoms with Crippen LogP contribution in [0.15, 0.2) is 110 Å². The molecule has 776 valence electrons. The van der Waals surface area contributed by atoms with Crippen molar-refractivity contribution in [2.75, 3.05) is 66.5 Å². The molecule has 8 aliphatic carbocycles. The molecule has 0 aliphatic heterocycles. The van der Waals surface area contributed by atoms with Crippen LogP contribution >= 0.6 is 23.2 Å². The molecule has 8 aromatic rings. The van der Waals surface area contributed by atoms with Crippen LogP contribution in [0, 0.1) is 129 Å². The van der Waals surface area contributed by atoms with E-state index >= 15 is 0 Å². The van der Waals surface area contributed by atoms with Crippen molar-refractivity contribution in [3.8, 4) is 109 Å². The largest absolute Gasteiger partial charge is 0.460 e. The summed E-state index contributed by atoms with van der Waals surface area (Å²) in [6.07, 6.45) is 62.3. The number of carbonyl (C=O) groups excluding carboxylic acids is 6. The number of ether oxygens (including phenoxy) is 3. The Morgan fingerprint density at radius 2 is 0.821 bits per heavy atom. The van der Waals surface area contributed by atoms with Gasteiger partial charge in [0.15, 0.2) is 11.3 Å². The van der Waals surface area contributed by atoms with Crippen molar-refractivity contribution in [3.05, 3.63) is 147 Å². The Morgan fingerprint density at radius 1 is 0.448 bits per heavy atom. The van der Waals surface area contributed by atoms with Crippen LogP contribution in [-0.4, -0.2) is 174 Å². The Balaban J connectivity index is 0.000000544. The SMILES string of the molecule is C.C#CC#CC.C#CC#CC#C.C#CC#CC#CC.CC#CC.CCN(CC)CC.CCOC(=O)C(=O)Cl.CCOC(=O)C(=O)Nc1cccnc1NC1CCCC1.CCOC(=O)c1nc2cccnc2n1C1CCCC1.NC1CC1.NC1CCCC1.Nc1cccnc1NC1CCCC1.O=C(NC1CC1)c1nc2cccnc2n1C1CCCC1.O=[N+]([O-])c1cccnc1Cl.O=[N+]([O-])c1cccnc1NC1CCCC1. The summed E-state index contributed by atoms with van der Waals surface area (Å²) in [6, 6.07) is 24.0. The third kappa shape index (κ3) is 52.3. The zero-order valence-corrected chi connectivity index (χ0v) is 86.0. The molecule has 34 nitrogen and oxygen atoms in total. The summed E-state index contributed by atoms with van der Waals surface area (Å²) in [7, 11) is 0. The number of terminal acetylenes is 4. The van der Waals surface area contributed by atoms with Crippen LogP contribution in [0.4, 0.5) is 40.2 Å². The number of imidazole rings is 2. The first kappa shape index (κ1) is 126. The average molecular weight is 2030 g/mol. The second kappa shape index (κ2) is 77.0. The molecule has 0 saturated heterocycles. The van der Waals surface area contributed by atoms with Crippen LogP contribution < -0.4 is 43.8 Å². The van der Waals surface area contributed by atoms with E-state index in [2.05, 4.69) is 189 Å². The van der Waals surface area contributed by atoms with Gasteiger partial charge >= 0.3 is 40.4 Å². The van der Waals surface area contributed by atoms with Crippen molar-refractivity contribution in [3.63, 3.8) is 0 Å². The Morgan fingerprint density at radius 3 is 1.19 bits per heavy atom. The number of fused-ring (bicyclic) bond motifs is 2. The quantitative estimate of drug-likeness (QED) is 0.00484. The molecule has 8 fully saturated rings. The first-order valence-electron chi connectivity index (χ1n) is 48.7. The highest BCUT2D eigenvalue weighted by atomic mass is 35.5. The molecule has 0 spiro atoms. The number of hydrogen-bond acceptors (Lipinski definition) is 28. The van der Waals surface area contributed by atoms with Crippen LogP contribution in [-0.2, 0) is 33.4 Å². The molecule has 8 aliphatic rings. The van der Waals surface area contributed by atoms with Gasteiger partial charge in [-0.05, 0) is 302 Å². The first-order valence-corrected chi connectivity index (χ1v) is 49.4. The number of pyridine rings is 6. The minimum absolute atomic E-state index is 0. The number of amides is 2. The van der Waals surface area contributed by atoms with Gasteiger partial charge in [-0.2, -0.15) is 0 Å². The fourth-order valence-electron chi connectivity index (χ4n) is 14.5. The number of esters is 3. The molecular weight excluding hydrogens is 1880 g/mol. The summed E-state index contributed by atoms with van der Waals surface area (Å²) in [6.45, 7) is 23.0. The van der Waals surface area contributed by atoms with Crippen molar-refractivity contribution >= 4 is 121 Å².